The van der Waals surface area contributed by atoms with E-state index >= 15 is 0 Å². The highest BCUT2D eigenvalue weighted by Gasteiger charge is 2.19. The maximum Gasteiger partial charge on any atom is 0.325 e. The molecule has 0 unspecified atom stereocenters. The predicted molar refractivity (Wildman–Crippen MR) is 157 cm³/mol. The fourth-order valence-corrected chi connectivity index (χ4v) is 4.75. The number of phenols is 1. The molecule has 1 saturated carbocycles. The van der Waals surface area contributed by atoms with Gasteiger partial charge >= 0.3 is 6.03 Å². The van der Waals surface area contributed by atoms with Crippen molar-refractivity contribution in [3.63, 3.8) is 0 Å². The molecule has 4 N–H and O–H groups in total. The number of hydrogen-bond donors (Lipinski definition) is 3. The Kier molecular flexibility index (Phi) is 8.65. The monoisotopic (exact) mass is 580 g/mol. The third-order valence-corrected chi connectivity index (χ3v) is 7.25. The van der Waals surface area contributed by atoms with Crippen molar-refractivity contribution in [2.24, 2.45) is 5.73 Å². The van der Waals surface area contributed by atoms with Gasteiger partial charge in [0.05, 0.1) is 31.2 Å². The molecule has 3 heterocycles. The fourth-order valence-electron chi connectivity index (χ4n) is 4.57. The molecular formula is C29H33ClN6O5. The number of methoxy groups -OCH3 is 1. The van der Waals surface area contributed by atoms with Crippen molar-refractivity contribution in [1.29, 1.82) is 0 Å². The van der Waals surface area contributed by atoms with Gasteiger partial charge in [0, 0.05) is 37.8 Å². The smallest absolute Gasteiger partial charge is 0.325 e. The van der Waals surface area contributed by atoms with Gasteiger partial charge in [-0.2, -0.15) is 0 Å². The Morgan fingerprint density at radius 3 is 2.80 bits per heavy atom. The van der Waals surface area contributed by atoms with Crippen molar-refractivity contribution in [2.75, 3.05) is 37.5 Å². The number of nitrogens with one attached hydrogen (secondary N) is 1. The first kappa shape index (κ1) is 28.3. The van der Waals surface area contributed by atoms with Gasteiger partial charge in [-0.1, -0.05) is 17.7 Å². The normalized spacial score (nSPS) is 14.1. The summed E-state index contributed by atoms with van der Waals surface area (Å²) in [5.41, 5.74) is 9.75. The first-order valence-electron chi connectivity index (χ1n) is 13.3. The van der Waals surface area contributed by atoms with Crippen LogP contribution in [-0.2, 0) is 17.9 Å². The molecule has 12 heteroatoms. The van der Waals surface area contributed by atoms with Crippen LogP contribution in [0.4, 0.5) is 16.2 Å². The van der Waals surface area contributed by atoms with Crippen LogP contribution in [-0.4, -0.2) is 59.1 Å². The Balaban J connectivity index is 0.000000181. The molecule has 1 fully saturated rings. The number of imidazole rings is 1. The van der Waals surface area contributed by atoms with Crippen LogP contribution in [0.5, 0.6) is 17.2 Å². The number of carbonyl (C=O) groups excluding carboxylic acids is 1. The minimum atomic E-state index is -0.696. The summed E-state index contributed by atoms with van der Waals surface area (Å²) < 4.78 is 17.5. The number of benzene rings is 2. The number of pyridine rings is 1. The molecule has 2 aliphatic rings. The average molecular weight is 581 g/mol. The second-order valence-electron chi connectivity index (χ2n) is 9.91. The molecule has 1 amide bonds. The van der Waals surface area contributed by atoms with Gasteiger partial charge in [-0.15, -0.1) is 0 Å². The van der Waals surface area contributed by atoms with Crippen LogP contribution in [0.1, 0.15) is 30.4 Å². The number of hydrogen-bond acceptors (Lipinski definition) is 9. The lowest BCUT2D eigenvalue weighted by Crippen LogP contribution is -2.21. The van der Waals surface area contributed by atoms with Gasteiger partial charge in [0.25, 0.3) is 0 Å². The van der Waals surface area contributed by atoms with Crippen molar-refractivity contribution in [3.8, 4) is 17.2 Å². The number of aromatic nitrogens is 3. The van der Waals surface area contributed by atoms with E-state index in [0.717, 1.165) is 35.8 Å². The number of halogens is 1. The van der Waals surface area contributed by atoms with Crippen LogP contribution in [0.3, 0.4) is 0 Å². The summed E-state index contributed by atoms with van der Waals surface area (Å²) in [6.45, 7) is 2.75. The second-order valence-corrected chi connectivity index (χ2v) is 10.3. The fraction of sp³-hybridized carbons (Fsp3) is 0.345. The van der Waals surface area contributed by atoms with Crippen LogP contribution in [0, 0.1) is 0 Å². The summed E-state index contributed by atoms with van der Waals surface area (Å²) in [6.07, 6.45) is 5.58. The number of nitrogens with zero attached hydrogens (tertiary/aromatic N) is 4. The summed E-state index contributed by atoms with van der Waals surface area (Å²) in [6, 6.07) is 12.3. The summed E-state index contributed by atoms with van der Waals surface area (Å²) >= 11 is 6.08. The van der Waals surface area contributed by atoms with E-state index in [1.165, 1.54) is 38.3 Å². The Bertz CT molecular complexity index is 1540. The lowest BCUT2D eigenvalue weighted by atomic mass is 9.96. The predicted octanol–water partition coefficient (Wildman–Crippen LogP) is 4.92. The zero-order chi connectivity index (χ0) is 28.9. The molecule has 0 saturated heterocycles. The van der Waals surface area contributed by atoms with E-state index in [-0.39, 0.29) is 16.5 Å². The van der Waals surface area contributed by atoms with Crippen LogP contribution >= 0.6 is 11.6 Å². The molecule has 0 spiro atoms. The van der Waals surface area contributed by atoms with E-state index in [4.69, 9.17) is 31.5 Å². The summed E-state index contributed by atoms with van der Waals surface area (Å²) in [5, 5.41) is 13.7. The van der Waals surface area contributed by atoms with Gasteiger partial charge in [-0.25, -0.2) is 19.3 Å². The third kappa shape index (κ3) is 6.58. The van der Waals surface area contributed by atoms with Crippen LogP contribution in [0.2, 0.25) is 5.15 Å². The maximum atomic E-state index is 11.5. The lowest BCUT2D eigenvalue weighted by molar-refractivity contribution is -0.00866. The molecular weight excluding hydrogens is 548 g/mol. The van der Waals surface area contributed by atoms with Crippen molar-refractivity contribution in [1.82, 2.24) is 14.5 Å². The Labute approximate surface area is 242 Å². The topological polar surface area (TPSA) is 137 Å². The molecule has 0 atom stereocenters. The Morgan fingerprint density at radius 2 is 2.10 bits per heavy atom. The number of amides is 1. The largest absolute Gasteiger partial charge is 0.507 e. The number of phenolic OH excluding ortho intramolecular Hbond substituents is 1. The average Bonchev–Trinajstić information content (AvgIpc) is 3.37. The SMILES string of the molecule is COc1ccc(CN(C)c2cc(Cl)nc3c2ncn3C(N)=O)c(O)c1.c1cc2c(cc1COC1CCC1)NCCO2. The minimum Gasteiger partial charge on any atom is -0.507 e. The number of nitrogens with two attached hydrogens (primary N) is 1. The molecule has 6 rings (SSSR count). The van der Waals surface area contributed by atoms with E-state index in [1.807, 2.05) is 18.0 Å². The quantitative estimate of drug-likeness (QED) is 0.260. The molecule has 1 aliphatic carbocycles. The zero-order valence-electron chi connectivity index (χ0n) is 23.0. The first-order valence-corrected chi connectivity index (χ1v) is 13.7. The van der Waals surface area contributed by atoms with Gasteiger partial charge < -0.3 is 35.3 Å². The Morgan fingerprint density at radius 1 is 1.27 bits per heavy atom. The summed E-state index contributed by atoms with van der Waals surface area (Å²) in [5.74, 6) is 1.64. The maximum absolute atomic E-state index is 11.5. The van der Waals surface area contributed by atoms with Crippen molar-refractivity contribution in [2.45, 2.75) is 38.5 Å². The van der Waals surface area contributed by atoms with Gasteiger partial charge in [-0.3, -0.25) is 0 Å². The van der Waals surface area contributed by atoms with Gasteiger partial charge in [0.15, 0.2) is 5.65 Å². The van der Waals surface area contributed by atoms with Crippen LogP contribution in [0.15, 0.2) is 48.8 Å². The van der Waals surface area contributed by atoms with Crippen molar-refractivity contribution < 1.29 is 24.1 Å². The standard InChI is InChI=1S/C16H16ClN5O3.C13H17NO2/c1-21(7-9-3-4-10(25-2)5-12(9)23)11-6-13(17)20-15-14(11)19-8-22(15)16(18)24;1-2-11(3-1)16-9-10-4-5-13-12(8-10)14-6-7-15-13/h3-6,8,23H,7H2,1-2H3,(H2,18,24);4-5,8,11,14H,1-3,6-7,9H2. The molecule has 2 aromatic heterocycles. The van der Waals surface area contributed by atoms with Crippen molar-refractivity contribution >= 4 is 40.2 Å². The van der Waals surface area contributed by atoms with Gasteiger partial charge in [-0.05, 0) is 49.1 Å². The number of aromatic hydroxyl groups is 1. The number of ether oxygens (including phenoxy) is 3. The number of rotatable bonds is 7. The van der Waals surface area contributed by atoms with Gasteiger partial charge in [0.1, 0.15) is 40.9 Å². The Hall–Kier alpha value is -4.22. The molecule has 2 aromatic carbocycles. The van der Waals surface area contributed by atoms with E-state index in [9.17, 15) is 9.90 Å². The van der Waals surface area contributed by atoms with E-state index in [0.29, 0.717) is 35.2 Å². The van der Waals surface area contributed by atoms with Crippen LogP contribution < -0.4 is 25.4 Å². The highest BCUT2D eigenvalue weighted by Crippen LogP contribution is 2.31. The zero-order valence-corrected chi connectivity index (χ0v) is 23.7. The number of carbonyl (C=O) groups is 1. The molecule has 41 heavy (non-hydrogen) atoms. The molecule has 4 aromatic rings. The highest BCUT2D eigenvalue weighted by molar-refractivity contribution is 6.30. The van der Waals surface area contributed by atoms with Crippen LogP contribution in [0.25, 0.3) is 11.2 Å². The first-order chi connectivity index (χ1) is 19.8. The lowest BCUT2D eigenvalue weighted by Gasteiger charge is -2.26. The minimum absolute atomic E-state index is 0.116. The number of fused-ring (bicyclic) bond motifs is 2. The third-order valence-electron chi connectivity index (χ3n) is 7.06. The number of anilines is 2. The number of primary amides is 1. The van der Waals surface area contributed by atoms with E-state index < -0.39 is 6.03 Å². The second kappa shape index (κ2) is 12.5. The highest BCUT2D eigenvalue weighted by atomic mass is 35.5. The van der Waals surface area contributed by atoms with E-state index in [1.54, 1.807) is 24.3 Å². The molecule has 0 radical (unpaired) electrons. The van der Waals surface area contributed by atoms with Crippen molar-refractivity contribution in [3.05, 3.63) is 65.1 Å². The summed E-state index contributed by atoms with van der Waals surface area (Å²) in [4.78, 5) is 21.6. The molecule has 216 valence electrons. The molecule has 11 nitrogen and oxygen atoms in total. The summed E-state index contributed by atoms with van der Waals surface area (Å²) in [7, 11) is 3.35. The van der Waals surface area contributed by atoms with Gasteiger partial charge in [0.2, 0.25) is 0 Å². The molecule has 0 bridgehead atoms. The van der Waals surface area contributed by atoms with E-state index in [2.05, 4.69) is 27.4 Å². The molecule has 1 aliphatic heterocycles.